The number of aryl methyl sites for hydroxylation is 1. The Morgan fingerprint density at radius 2 is 1.73 bits per heavy atom. The number of carbonyl (C=O) groups is 1. The summed E-state index contributed by atoms with van der Waals surface area (Å²) < 4.78 is 22.9. The molecule has 2 aromatic rings. The number of aromatic nitrogens is 1. The molecule has 0 saturated carbocycles. The molecule has 1 aromatic carbocycles. The highest BCUT2D eigenvalue weighted by Gasteiger charge is 2.25. The third kappa shape index (κ3) is 4.60. The fourth-order valence-electron chi connectivity index (χ4n) is 2.81. The molecule has 3 rings (SSSR count). The van der Waals surface area contributed by atoms with Crippen LogP contribution in [0.5, 0.6) is 0 Å². The van der Waals surface area contributed by atoms with Crippen molar-refractivity contribution in [2.75, 3.05) is 29.9 Å². The lowest BCUT2D eigenvalue weighted by atomic mass is 10.1. The van der Waals surface area contributed by atoms with E-state index in [1.54, 1.807) is 17.0 Å². The van der Waals surface area contributed by atoms with Gasteiger partial charge in [-0.2, -0.15) is 0 Å². The van der Waals surface area contributed by atoms with E-state index >= 15 is 0 Å². The number of nitrogens with zero attached hydrogens (tertiary/aromatic N) is 2. The Morgan fingerprint density at radius 1 is 1.08 bits per heavy atom. The van der Waals surface area contributed by atoms with Gasteiger partial charge in [0.05, 0.1) is 17.1 Å². The van der Waals surface area contributed by atoms with Crippen LogP contribution in [0, 0.1) is 0 Å². The highest BCUT2D eigenvalue weighted by Crippen LogP contribution is 2.13. The lowest BCUT2D eigenvalue weighted by Crippen LogP contribution is -2.43. The van der Waals surface area contributed by atoms with Gasteiger partial charge in [0.25, 0.3) is 5.91 Å². The van der Waals surface area contributed by atoms with Crippen LogP contribution >= 0.6 is 0 Å². The molecular formula is C19H23N3O3S. The Labute approximate surface area is 154 Å². The maximum absolute atomic E-state index is 12.4. The van der Waals surface area contributed by atoms with E-state index < -0.39 is 9.84 Å². The lowest BCUT2D eigenvalue weighted by Gasteiger charge is -2.26. The first-order valence-electron chi connectivity index (χ1n) is 8.74. The van der Waals surface area contributed by atoms with E-state index in [1.807, 2.05) is 0 Å². The van der Waals surface area contributed by atoms with Gasteiger partial charge in [0.2, 0.25) is 0 Å². The van der Waals surface area contributed by atoms with Crippen molar-refractivity contribution in [1.29, 1.82) is 0 Å². The van der Waals surface area contributed by atoms with Crippen LogP contribution in [0.3, 0.4) is 0 Å². The molecule has 0 aliphatic carbocycles. The number of anilines is 1. The van der Waals surface area contributed by atoms with E-state index in [2.05, 4.69) is 41.5 Å². The zero-order valence-corrected chi connectivity index (χ0v) is 15.6. The Morgan fingerprint density at radius 3 is 2.31 bits per heavy atom. The summed E-state index contributed by atoms with van der Waals surface area (Å²) in [6.45, 7) is 3.28. The van der Waals surface area contributed by atoms with Gasteiger partial charge in [-0.3, -0.25) is 4.79 Å². The zero-order valence-electron chi connectivity index (χ0n) is 14.8. The number of carbonyl (C=O) groups excluding carboxylic acids is 1. The Kier molecular flexibility index (Phi) is 5.56. The normalized spacial score (nSPS) is 16.3. The molecule has 1 amide bonds. The number of amides is 1. The first-order valence-corrected chi connectivity index (χ1v) is 10.6. The first-order chi connectivity index (χ1) is 12.5. The number of sulfone groups is 1. The molecule has 1 aromatic heterocycles. The molecule has 0 unspecified atom stereocenters. The minimum Gasteiger partial charge on any atom is -0.366 e. The van der Waals surface area contributed by atoms with Crippen LogP contribution in [-0.2, 0) is 22.8 Å². The second-order valence-electron chi connectivity index (χ2n) is 6.40. The van der Waals surface area contributed by atoms with E-state index in [-0.39, 0.29) is 30.5 Å². The van der Waals surface area contributed by atoms with Crippen molar-refractivity contribution in [1.82, 2.24) is 9.88 Å². The maximum Gasteiger partial charge on any atom is 0.255 e. The fourth-order valence-corrected chi connectivity index (χ4v) is 4.01. The van der Waals surface area contributed by atoms with Gasteiger partial charge in [0, 0.05) is 25.8 Å². The lowest BCUT2D eigenvalue weighted by molar-refractivity contribution is 0.0770. The van der Waals surface area contributed by atoms with Crippen molar-refractivity contribution >= 4 is 21.6 Å². The minimum atomic E-state index is -3.00. The van der Waals surface area contributed by atoms with Crippen LogP contribution in [0.15, 0.2) is 42.6 Å². The molecule has 1 fully saturated rings. The number of pyridine rings is 1. The van der Waals surface area contributed by atoms with Crippen molar-refractivity contribution in [2.45, 2.75) is 19.9 Å². The number of hydrogen-bond donors (Lipinski definition) is 1. The molecule has 1 aliphatic rings. The van der Waals surface area contributed by atoms with Crippen molar-refractivity contribution in [2.24, 2.45) is 0 Å². The van der Waals surface area contributed by atoms with Crippen LogP contribution in [0.1, 0.15) is 28.4 Å². The van der Waals surface area contributed by atoms with E-state index in [0.717, 1.165) is 6.42 Å². The summed E-state index contributed by atoms with van der Waals surface area (Å²) in [5.74, 6) is 0.585. The molecule has 7 heteroatoms. The highest BCUT2D eigenvalue weighted by molar-refractivity contribution is 7.91. The van der Waals surface area contributed by atoms with Gasteiger partial charge in [-0.15, -0.1) is 0 Å². The average Bonchev–Trinajstić information content (AvgIpc) is 2.66. The maximum atomic E-state index is 12.4. The summed E-state index contributed by atoms with van der Waals surface area (Å²) in [6.07, 6.45) is 2.56. The molecule has 0 radical (unpaired) electrons. The van der Waals surface area contributed by atoms with Crippen LogP contribution in [0.4, 0.5) is 5.82 Å². The largest absolute Gasteiger partial charge is 0.366 e. The average molecular weight is 373 g/mol. The van der Waals surface area contributed by atoms with Gasteiger partial charge in [-0.1, -0.05) is 31.2 Å². The predicted molar refractivity (Wildman–Crippen MR) is 102 cm³/mol. The predicted octanol–water partition coefficient (Wildman–Crippen LogP) is 2.13. The third-order valence-electron chi connectivity index (χ3n) is 4.55. The van der Waals surface area contributed by atoms with Gasteiger partial charge < -0.3 is 10.2 Å². The SMILES string of the molecule is CCc1ccc(CNc2ccc(C(=O)N3CCS(=O)(=O)CC3)cn2)cc1. The number of rotatable bonds is 5. The van der Waals surface area contributed by atoms with E-state index in [0.29, 0.717) is 17.9 Å². The molecule has 138 valence electrons. The molecule has 2 heterocycles. The monoisotopic (exact) mass is 373 g/mol. The Bertz CT molecular complexity index is 848. The summed E-state index contributed by atoms with van der Waals surface area (Å²) in [7, 11) is -3.00. The van der Waals surface area contributed by atoms with Gasteiger partial charge >= 0.3 is 0 Å². The fraction of sp³-hybridized carbons (Fsp3) is 0.368. The van der Waals surface area contributed by atoms with E-state index in [9.17, 15) is 13.2 Å². The standard InChI is InChI=1S/C19H23N3O3S/c1-2-15-3-5-16(6-4-15)13-20-18-8-7-17(14-21-18)19(23)22-9-11-26(24,25)12-10-22/h3-8,14H,2,9-13H2,1H3,(H,20,21). The van der Waals surface area contributed by atoms with E-state index in [4.69, 9.17) is 0 Å². The van der Waals surface area contributed by atoms with Crippen LogP contribution in [-0.4, -0.2) is 48.8 Å². The van der Waals surface area contributed by atoms with Gasteiger partial charge in [-0.25, -0.2) is 13.4 Å². The van der Waals surface area contributed by atoms with Crippen molar-refractivity contribution in [3.05, 3.63) is 59.3 Å². The van der Waals surface area contributed by atoms with E-state index in [1.165, 1.54) is 17.3 Å². The summed E-state index contributed by atoms with van der Waals surface area (Å²) in [5.41, 5.74) is 2.95. The quantitative estimate of drug-likeness (QED) is 0.868. The molecule has 1 saturated heterocycles. The Hall–Kier alpha value is -2.41. The summed E-state index contributed by atoms with van der Waals surface area (Å²) >= 11 is 0. The second kappa shape index (κ2) is 7.86. The first kappa shape index (κ1) is 18.4. The van der Waals surface area contributed by atoms with Crippen LogP contribution < -0.4 is 5.32 Å². The molecule has 26 heavy (non-hydrogen) atoms. The van der Waals surface area contributed by atoms with Gasteiger partial charge in [0.15, 0.2) is 9.84 Å². The van der Waals surface area contributed by atoms with Crippen molar-refractivity contribution in [3.8, 4) is 0 Å². The highest BCUT2D eigenvalue weighted by atomic mass is 32.2. The molecule has 0 atom stereocenters. The summed E-state index contributed by atoms with van der Waals surface area (Å²) in [5, 5.41) is 3.24. The number of benzene rings is 1. The number of nitrogens with one attached hydrogen (secondary N) is 1. The Balaban J connectivity index is 1.56. The van der Waals surface area contributed by atoms with Crippen molar-refractivity contribution < 1.29 is 13.2 Å². The molecule has 0 spiro atoms. The third-order valence-corrected chi connectivity index (χ3v) is 6.16. The second-order valence-corrected chi connectivity index (χ2v) is 8.70. The van der Waals surface area contributed by atoms with Gasteiger partial charge in [0.1, 0.15) is 5.82 Å². The van der Waals surface area contributed by atoms with Gasteiger partial charge in [-0.05, 0) is 29.7 Å². The number of hydrogen-bond acceptors (Lipinski definition) is 5. The molecule has 1 N–H and O–H groups in total. The minimum absolute atomic E-state index is 0.0304. The summed E-state index contributed by atoms with van der Waals surface area (Å²) in [6, 6.07) is 11.9. The van der Waals surface area contributed by atoms with Crippen LogP contribution in [0.2, 0.25) is 0 Å². The summed E-state index contributed by atoms with van der Waals surface area (Å²) in [4.78, 5) is 18.3. The zero-order chi connectivity index (χ0) is 18.6. The smallest absolute Gasteiger partial charge is 0.255 e. The van der Waals surface area contributed by atoms with Crippen LogP contribution in [0.25, 0.3) is 0 Å². The molecular weight excluding hydrogens is 350 g/mol. The van der Waals surface area contributed by atoms with Crippen molar-refractivity contribution in [3.63, 3.8) is 0 Å². The molecule has 0 bridgehead atoms. The molecule has 6 nitrogen and oxygen atoms in total. The topological polar surface area (TPSA) is 79.4 Å². The molecule has 1 aliphatic heterocycles.